The van der Waals surface area contributed by atoms with Crippen LogP contribution in [0.1, 0.15) is 36.6 Å². The van der Waals surface area contributed by atoms with Crippen molar-refractivity contribution in [2.45, 2.75) is 37.5 Å². The Labute approximate surface area is 187 Å². The minimum atomic E-state index is -4.42. The summed E-state index contributed by atoms with van der Waals surface area (Å²) in [5, 5.41) is 2.46. The maximum Gasteiger partial charge on any atom is 0.417 e. The Balaban J connectivity index is 1.50. The molecule has 0 spiro atoms. The number of thiazole rings is 1. The summed E-state index contributed by atoms with van der Waals surface area (Å²) in [5.74, 6) is 0.706. The summed E-state index contributed by atoms with van der Waals surface area (Å²) in [6.07, 6.45) is 0.146. The number of carbonyl (C=O) groups excluding carboxylic acids is 1. The molecule has 3 aromatic rings. The molecule has 0 N–H and O–H groups in total. The van der Waals surface area contributed by atoms with Gasteiger partial charge in [0.15, 0.2) is 0 Å². The predicted octanol–water partition coefficient (Wildman–Crippen LogP) is 5.40. The number of aromatic nitrogens is 2. The molecule has 1 aromatic carbocycles. The first-order valence-corrected chi connectivity index (χ1v) is 11.2. The predicted molar refractivity (Wildman–Crippen MR) is 115 cm³/mol. The zero-order valence-electron chi connectivity index (χ0n) is 17.2. The van der Waals surface area contributed by atoms with E-state index in [0.717, 1.165) is 50.1 Å². The average Bonchev–Trinajstić information content (AvgIpc) is 3.30. The number of halogens is 3. The van der Waals surface area contributed by atoms with E-state index in [4.69, 9.17) is 4.74 Å². The highest BCUT2D eigenvalue weighted by atomic mass is 32.1. The molecule has 1 fully saturated rings. The van der Waals surface area contributed by atoms with E-state index < -0.39 is 17.8 Å². The molecule has 0 saturated carbocycles. The highest BCUT2D eigenvalue weighted by Gasteiger charge is 2.33. The average molecular weight is 462 g/mol. The number of aldehydes is 1. The van der Waals surface area contributed by atoms with E-state index in [9.17, 15) is 18.0 Å². The number of carbonyl (C=O) groups is 1. The van der Waals surface area contributed by atoms with E-state index in [1.807, 2.05) is 35.7 Å². The Morgan fingerprint density at radius 3 is 2.69 bits per heavy atom. The van der Waals surface area contributed by atoms with Crippen molar-refractivity contribution in [2.75, 3.05) is 13.2 Å². The van der Waals surface area contributed by atoms with E-state index in [0.29, 0.717) is 16.5 Å². The third-order valence-electron chi connectivity index (χ3n) is 5.46. The minimum Gasteiger partial charge on any atom is -0.491 e. The number of nitrogens with zero attached hydrogens (tertiary/aromatic N) is 3. The van der Waals surface area contributed by atoms with Crippen LogP contribution in [0.25, 0.3) is 10.7 Å². The quantitative estimate of drug-likeness (QED) is 0.441. The smallest absolute Gasteiger partial charge is 0.417 e. The van der Waals surface area contributed by atoms with E-state index in [2.05, 4.69) is 14.9 Å². The number of pyridine rings is 1. The monoisotopic (exact) mass is 461 g/mol. The number of rotatable bonds is 7. The summed E-state index contributed by atoms with van der Waals surface area (Å²) in [6, 6.07) is 11.2. The van der Waals surface area contributed by atoms with E-state index in [1.54, 1.807) is 0 Å². The van der Waals surface area contributed by atoms with Crippen LogP contribution in [0, 0.1) is 0 Å². The molecule has 0 bridgehead atoms. The first-order chi connectivity index (χ1) is 15.5. The van der Waals surface area contributed by atoms with Gasteiger partial charge in [-0.3, -0.25) is 9.88 Å². The zero-order valence-corrected chi connectivity index (χ0v) is 18.0. The molecule has 0 radical (unpaired) electrons. The first-order valence-electron chi connectivity index (χ1n) is 10.3. The molecule has 2 atom stereocenters. The van der Waals surface area contributed by atoms with Gasteiger partial charge in [-0.2, -0.15) is 13.2 Å². The summed E-state index contributed by atoms with van der Waals surface area (Å²) >= 11 is 1.34. The lowest BCUT2D eigenvalue weighted by Gasteiger charge is -2.38. The Morgan fingerprint density at radius 1 is 1.19 bits per heavy atom. The maximum atomic E-state index is 12.8. The molecule has 2 aromatic heterocycles. The van der Waals surface area contributed by atoms with Crippen molar-refractivity contribution < 1.29 is 22.7 Å². The first kappa shape index (κ1) is 22.4. The normalized spacial score (nSPS) is 18.3. The van der Waals surface area contributed by atoms with Crippen molar-refractivity contribution in [3.63, 3.8) is 0 Å². The summed E-state index contributed by atoms with van der Waals surface area (Å²) in [5.41, 5.74) is 0.414. The zero-order chi connectivity index (χ0) is 22.6. The number of hydrogen-bond donors (Lipinski definition) is 0. The fourth-order valence-corrected chi connectivity index (χ4v) is 4.67. The van der Waals surface area contributed by atoms with Crippen molar-refractivity contribution >= 4 is 17.6 Å². The van der Waals surface area contributed by atoms with Crippen molar-refractivity contribution in [3.05, 3.63) is 65.3 Å². The van der Waals surface area contributed by atoms with Gasteiger partial charge in [-0.1, -0.05) is 24.6 Å². The lowest BCUT2D eigenvalue weighted by atomic mass is 9.98. The summed E-state index contributed by atoms with van der Waals surface area (Å²) < 4.78 is 44.2. The van der Waals surface area contributed by atoms with Crippen LogP contribution in [0.4, 0.5) is 13.2 Å². The number of hydrogen-bond acceptors (Lipinski definition) is 6. The Morgan fingerprint density at radius 2 is 2.00 bits per heavy atom. The lowest BCUT2D eigenvalue weighted by Crippen LogP contribution is -2.45. The molecule has 5 nitrogen and oxygen atoms in total. The molecular formula is C23H22F3N3O2S. The fourth-order valence-electron chi connectivity index (χ4n) is 3.82. The van der Waals surface area contributed by atoms with Crippen LogP contribution in [0.5, 0.6) is 5.75 Å². The second-order valence-electron chi connectivity index (χ2n) is 7.58. The van der Waals surface area contributed by atoms with Crippen LogP contribution >= 0.6 is 11.3 Å². The van der Waals surface area contributed by atoms with Gasteiger partial charge in [0, 0.05) is 11.6 Å². The van der Waals surface area contributed by atoms with Crippen LogP contribution in [0.2, 0.25) is 0 Å². The van der Waals surface area contributed by atoms with Gasteiger partial charge < -0.3 is 9.53 Å². The molecule has 0 aliphatic carbocycles. The van der Waals surface area contributed by atoms with Gasteiger partial charge >= 0.3 is 6.18 Å². The van der Waals surface area contributed by atoms with Crippen LogP contribution < -0.4 is 4.74 Å². The molecule has 2 unspecified atom stereocenters. The standard InChI is InChI=1S/C23H22F3N3O2S/c24-23(25,26)16-9-10-19(27-12-16)22-28-20(15-32-22)21-8-4-5-11-29(21)17(13-30)14-31-18-6-2-1-3-7-18/h1-3,6-7,9-10,12-13,15,17,21H,4-5,8,11,14H2. The number of benzene rings is 1. The Bertz CT molecular complexity index is 1020. The summed E-state index contributed by atoms with van der Waals surface area (Å²) in [7, 11) is 0. The van der Waals surface area contributed by atoms with Gasteiger partial charge in [0.1, 0.15) is 29.7 Å². The number of ether oxygens (including phenoxy) is 1. The highest BCUT2D eigenvalue weighted by molar-refractivity contribution is 7.13. The Hall–Kier alpha value is -2.78. The minimum absolute atomic E-state index is 0.0576. The van der Waals surface area contributed by atoms with Gasteiger partial charge in [0.05, 0.1) is 23.0 Å². The summed E-state index contributed by atoms with van der Waals surface area (Å²) in [4.78, 5) is 22.6. The summed E-state index contributed by atoms with van der Waals surface area (Å²) in [6.45, 7) is 0.985. The molecule has 1 saturated heterocycles. The molecular weight excluding hydrogens is 439 g/mol. The molecule has 32 heavy (non-hydrogen) atoms. The molecule has 4 rings (SSSR count). The molecule has 0 amide bonds. The number of para-hydroxylation sites is 1. The second kappa shape index (κ2) is 9.79. The van der Waals surface area contributed by atoms with Crippen LogP contribution in [0.15, 0.2) is 54.0 Å². The molecule has 3 heterocycles. The number of likely N-dealkylation sites (tertiary alicyclic amines) is 1. The third kappa shape index (κ3) is 5.16. The van der Waals surface area contributed by atoms with E-state index in [1.165, 1.54) is 17.4 Å². The molecule has 168 valence electrons. The molecule has 1 aliphatic heterocycles. The van der Waals surface area contributed by atoms with Gasteiger partial charge in [-0.25, -0.2) is 4.98 Å². The van der Waals surface area contributed by atoms with Crippen molar-refractivity contribution in [1.29, 1.82) is 0 Å². The second-order valence-corrected chi connectivity index (χ2v) is 8.44. The van der Waals surface area contributed by atoms with Gasteiger partial charge in [-0.15, -0.1) is 11.3 Å². The van der Waals surface area contributed by atoms with Gasteiger partial charge in [-0.05, 0) is 43.7 Å². The number of alkyl halides is 3. The molecule has 1 aliphatic rings. The van der Waals surface area contributed by atoms with Crippen molar-refractivity contribution in [1.82, 2.24) is 14.9 Å². The fraction of sp³-hybridized carbons (Fsp3) is 0.348. The van der Waals surface area contributed by atoms with E-state index in [-0.39, 0.29) is 12.6 Å². The van der Waals surface area contributed by atoms with Gasteiger partial charge in [0.2, 0.25) is 0 Å². The van der Waals surface area contributed by atoms with Crippen LogP contribution in [0.3, 0.4) is 0 Å². The maximum absolute atomic E-state index is 12.8. The van der Waals surface area contributed by atoms with Crippen molar-refractivity contribution in [2.24, 2.45) is 0 Å². The highest BCUT2D eigenvalue weighted by Crippen LogP contribution is 2.35. The largest absolute Gasteiger partial charge is 0.491 e. The SMILES string of the molecule is O=CC(COc1ccccc1)N1CCCCC1c1csc(-c2ccc(C(F)(F)F)cn2)n1. The molecule has 9 heteroatoms. The van der Waals surface area contributed by atoms with E-state index >= 15 is 0 Å². The third-order valence-corrected chi connectivity index (χ3v) is 6.35. The van der Waals surface area contributed by atoms with Crippen LogP contribution in [-0.4, -0.2) is 40.3 Å². The van der Waals surface area contributed by atoms with Crippen LogP contribution in [-0.2, 0) is 11.0 Å². The Kier molecular flexibility index (Phi) is 6.86. The number of piperidine rings is 1. The lowest BCUT2D eigenvalue weighted by molar-refractivity contribution is -0.137. The topological polar surface area (TPSA) is 55.3 Å². The van der Waals surface area contributed by atoms with Crippen molar-refractivity contribution in [3.8, 4) is 16.5 Å². The van der Waals surface area contributed by atoms with Gasteiger partial charge in [0.25, 0.3) is 0 Å².